The van der Waals surface area contributed by atoms with Crippen molar-refractivity contribution in [2.24, 2.45) is 0 Å². The number of aryl methyl sites for hydroxylation is 2. The molecule has 0 bridgehead atoms. The van der Waals surface area contributed by atoms with Crippen molar-refractivity contribution in [2.45, 2.75) is 19.8 Å². The van der Waals surface area contributed by atoms with Crippen LogP contribution in [0.2, 0.25) is 0 Å². The molecule has 0 aromatic heterocycles. The molecule has 0 heterocycles. The van der Waals surface area contributed by atoms with Crippen LogP contribution in [-0.2, 0) is 17.6 Å². The third kappa shape index (κ3) is 5.05. The number of para-hydroxylation sites is 2. The lowest BCUT2D eigenvalue weighted by Crippen LogP contribution is -2.16. The molecule has 3 rings (SSSR count). The molecule has 0 radical (unpaired) electrons. The van der Waals surface area contributed by atoms with Gasteiger partial charge in [0.15, 0.2) is 0 Å². The first-order valence-electron chi connectivity index (χ1n) is 8.93. The molecule has 0 atom stereocenters. The average Bonchev–Trinajstić information content (AvgIpc) is 2.68. The normalized spacial score (nSPS) is 10.3. The molecule has 0 spiro atoms. The van der Waals surface area contributed by atoms with Crippen molar-refractivity contribution in [3.05, 3.63) is 95.6 Å². The zero-order valence-electron chi connectivity index (χ0n) is 15.2. The molecule has 3 aromatic rings. The van der Waals surface area contributed by atoms with Crippen LogP contribution in [-0.4, -0.2) is 11.8 Å². The lowest BCUT2D eigenvalue weighted by atomic mass is 9.99. The predicted molar refractivity (Wildman–Crippen MR) is 109 cm³/mol. The van der Waals surface area contributed by atoms with Gasteiger partial charge in [-0.25, -0.2) is 0 Å². The summed E-state index contributed by atoms with van der Waals surface area (Å²) in [6.45, 7) is 1.44. The first-order valence-corrected chi connectivity index (χ1v) is 8.93. The molecular weight excluding hydrogens is 336 g/mol. The van der Waals surface area contributed by atoms with Crippen LogP contribution in [0.25, 0.3) is 0 Å². The van der Waals surface area contributed by atoms with Gasteiger partial charge in [0.1, 0.15) is 0 Å². The third-order valence-corrected chi connectivity index (χ3v) is 4.27. The topological polar surface area (TPSA) is 58.2 Å². The van der Waals surface area contributed by atoms with Crippen LogP contribution in [0.15, 0.2) is 78.9 Å². The second kappa shape index (κ2) is 8.81. The number of rotatable bonds is 6. The molecule has 2 amide bonds. The Morgan fingerprint density at radius 1 is 0.704 bits per heavy atom. The van der Waals surface area contributed by atoms with E-state index in [-0.39, 0.29) is 11.8 Å². The number of carbonyl (C=O) groups is 2. The molecular formula is C23H22N2O2. The first-order chi connectivity index (χ1) is 13.1. The van der Waals surface area contributed by atoms with E-state index in [1.807, 2.05) is 54.6 Å². The van der Waals surface area contributed by atoms with Gasteiger partial charge in [-0.15, -0.1) is 0 Å². The van der Waals surface area contributed by atoms with E-state index < -0.39 is 0 Å². The van der Waals surface area contributed by atoms with Gasteiger partial charge in [0, 0.05) is 12.5 Å². The Labute approximate surface area is 159 Å². The Morgan fingerprint density at radius 3 is 2.00 bits per heavy atom. The third-order valence-electron chi connectivity index (χ3n) is 4.27. The van der Waals surface area contributed by atoms with Crippen molar-refractivity contribution < 1.29 is 9.59 Å². The Balaban J connectivity index is 1.77. The summed E-state index contributed by atoms with van der Waals surface area (Å²) in [7, 11) is 0. The van der Waals surface area contributed by atoms with Crippen LogP contribution in [0.4, 0.5) is 11.4 Å². The zero-order valence-corrected chi connectivity index (χ0v) is 15.2. The minimum atomic E-state index is -0.184. The Kier molecular flexibility index (Phi) is 6.00. The highest BCUT2D eigenvalue weighted by atomic mass is 16.2. The number of hydrogen-bond donors (Lipinski definition) is 2. The van der Waals surface area contributed by atoms with Gasteiger partial charge >= 0.3 is 0 Å². The molecule has 27 heavy (non-hydrogen) atoms. The minimum absolute atomic E-state index is 0.181. The van der Waals surface area contributed by atoms with Crippen LogP contribution in [0, 0.1) is 0 Å². The van der Waals surface area contributed by atoms with Gasteiger partial charge in [-0.1, -0.05) is 60.7 Å². The van der Waals surface area contributed by atoms with Gasteiger partial charge in [-0.05, 0) is 42.2 Å². The van der Waals surface area contributed by atoms with Crippen LogP contribution >= 0.6 is 0 Å². The summed E-state index contributed by atoms with van der Waals surface area (Å²) in [6, 6.07) is 25.0. The molecule has 0 fully saturated rings. The second-order valence-electron chi connectivity index (χ2n) is 6.32. The van der Waals surface area contributed by atoms with Gasteiger partial charge in [0.2, 0.25) is 5.91 Å². The van der Waals surface area contributed by atoms with Gasteiger partial charge in [-0.2, -0.15) is 0 Å². The highest BCUT2D eigenvalue weighted by Gasteiger charge is 2.13. The van der Waals surface area contributed by atoms with Crippen molar-refractivity contribution in [2.75, 3.05) is 10.6 Å². The zero-order chi connectivity index (χ0) is 19.1. The van der Waals surface area contributed by atoms with Crippen molar-refractivity contribution in [3.8, 4) is 0 Å². The maximum atomic E-state index is 12.9. The largest absolute Gasteiger partial charge is 0.325 e. The van der Waals surface area contributed by atoms with Crippen molar-refractivity contribution in [1.29, 1.82) is 0 Å². The fourth-order valence-corrected chi connectivity index (χ4v) is 2.96. The number of carbonyl (C=O) groups excluding carboxylic acids is 2. The minimum Gasteiger partial charge on any atom is -0.325 e. The average molecular weight is 358 g/mol. The summed E-state index contributed by atoms with van der Waals surface area (Å²) in [4.78, 5) is 24.2. The molecule has 2 N–H and O–H groups in total. The molecule has 4 nitrogen and oxygen atoms in total. The monoisotopic (exact) mass is 358 g/mol. The molecule has 3 aromatic carbocycles. The maximum Gasteiger partial charge on any atom is 0.255 e. The van der Waals surface area contributed by atoms with Crippen LogP contribution in [0.1, 0.15) is 28.4 Å². The summed E-state index contributed by atoms with van der Waals surface area (Å²) in [5.74, 6) is -0.364. The molecule has 0 unspecified atom stereocenters. The summed E-state index contributed by atoms with van der Waals surface area (Å²) in [5.41, 5.74) is 4.04. The highest BCUT2D eigenvalue weighted by Crippen LogP contribution is 2.22. The SMILES string of the molecule is CC(=O)Nc1ccccc1NC(=O)c1ccccc1CCc1ccccc1. The summed E-state index contributed by atoms with van der Waals surface area (Å²) in [5, 5.41) is 5.65. The Morgan fingerprint density at radius 2 is 1.30 bits per heavy atom. The molecule has 136 valence electrons. The van der Waals surface area contributed by atoms with E-state index in [9.17, 15) is 9.59 Å². The molecule has 0 aliphatic carbocycles. The van der Waals surface area contributed by atoms with Gasteiger partial charge in [-0.3, -0.25) is 9.59 Å². The molecule has 4 heteroatoms. The first kappa shape index (κ1) is 18.4. The van der Waals surface area contributed by atoms with E-state index in [0.717, 1.165) is 18.4 Å². The van der Waals surface area contributed by atoms with Crippen molar-refractivity contribution >= 4 is 23.2 Å². The quantitative estimate of drug-likeness (QED) is 0.672. The molecule has 0 saturated carbocycles. The molecule has 0 aliphatic rings. The smallest absolute Gasteiger partial charge is 0.255 e. The fourth-order valence-electron chi connectivity index (χ4n) is 2.96. The van der Waals surface area contributed by atoms with Gasteiger partial charge < -0.3 is 10.6 Å². The maximum absolute atomic E-state index is 12.9. The number of amides is 2. The van der Waals surface area contributed by atoms with Crippen LogP contribution < -0.4 is 10.6 Å². The van der Waals surface area contributed by atoms with Crippen molar-refractivity contribution in [1.82, 2.24) is 0 Å². The molecule has 0 saturated heterocycles. The lowest BCUT2D eigenvalue weighted by molar-refractivity contribution is -0.114. The summed E-state index contributed by atoms with van der Waals surface area (Å²) in [6.07, 6.45) is 1.65. The lowest BCUT2D eigenvalue weighted by Gasteiger charge is -2.13. The highest BCUT2D eigenvalue weighted by molar-refractivity contribution is 6.07. The number of anilines is 2. The Hall–Kier alpha value is -3.40. The van der Waals surface area contributed by atoms with E-state index >= 15 is 0 Å². The van der Waals surface area contributed by atoms with E-state index in [0.29, 0.717) is 16.9 Å². The van der Waals surface area contributed by atoms with Gasteiger partial charge in [0.05, 0.1) is 11.4 Å². The van der Waals surface area contributed by atoms with E-state index in [1.54, 1.807) is 12.1 Å². The van der Waals surface area contributed by atoms with Crippen LogP contribution in [0.5, 0.6) is 0 Å². The van der Waals surface area contributed by atoms with E-state index in [4.69, 9.17) is 0 Å². The number of nitrogens with one attached hydrogen (secondary N) is 2. The summed E-state index contributed by atoms with van der Waals surface area (Å²) >= 11 is 0. The standard InChI is InChI=1S/C23H22N2O2/c1-17(26)24-21-13-7-8-14-22(21)25-23(27)20-12-6-5-11-19(20)16-15-18-9-3-2-4-10-18/h2-14H,15-16H2,1H3,(H,24,26)(H,25,27). The second-order valence-corrected chi connectivity index (χ2v) is 6.32. The predicted octanol–water partition coefficient (Wildman–Crippen LogP) is 4.68. The Bertz CT molecular complexity index is 936. The number of hydrogen-bond acceptors (Lipinski definition) is 2. The van der Waals surface area contributed by atoms with Gasteiger partial charge in [0.25, 0.3) is 5.91 Å². The summed E-state index contributed by atoms with van der Waals surface area (Å²) < 4.78 is 0. The van der Waals surface area contributed by atoms with E-state index in [1.165, 1.54) is 12.5 Å². The fraction of sp³-hybridized carbons (Fsp3) is 0.130. The molecule has 0 aliphatic heterocycles. The van der Waals surface area contributed by atoms with E-state index in [2.05, 4.69) is 22.8 Å². The number of benzene rings is 3. The van der Waals surface area contributed by atoms with Crippen LogP contribution in [0.3, 0.4) is 0 Å². The van der Waals surface area contributed by atoms with Crippen molar-refractivity contribution in [3.63, 3.8) is 0 Å².